The first-order valence-electron chi connectivity index (χ1n) is 8.00. The number of carbonyl (C=O) groups excluding carboxylic acids is 1. The van der Waals surface area contributed by atoms with Gasteiger partial charge in [0, 0.05) is 17.6 Å². The summed E-state index contributed by atoms with van der Waals surface area (Å²) in [4.78, 5) is 12.3. The molecule has 1 aliphatic heterocycles. The van der Waals surface area contributed by atoms with E-state index in [9.17, 15) is 4.79 Å². The lowest BCUT2D eigenvalue weighted by Gasteiger charge is -2.39. The third-order valence-electron chi connectivity index (χ3n) is 4.82. The zero-order valence-corrected chi connectivity index (χ0v) is 13.0. The topological polar surface area (TPSA) is 41.1 Å². The van der Waals surface area contributed by atoms with Gasteiger partial charge in [0.15, 0.2) is 0 Å². The maximum absolute atomic E-state index is 12.3. The van der Waals surface area contributed by atoms with Crippen molar-refractivity contribution >= 4 is 17.5 Å². The molecule has 1 saturated heterocycles. The highest BCUT2D eigenvalue weighted by molar-refractivity contribution is 6.30. The number of hydrogen-bond acceptors (Lipinski definition) is 2. The first-order chi connectivity index (χ1) is 10.2. The van der Waals surface area contributed by atoms with Gasteiger partial charge in [0.05, 0.1) is 6.04 Å². The largest absolute Gasteiger partial charge is 0.351 e. The molecule has 2 fully saturated rings. The van der Waals surface area contributed by atoms with Gasteiger partial charge in [-0.05, 0) is 49.3 Å². The molecule has 3 rings (SSSR count). The first kappa shape index (κ1) is 14.9. The quantitative estimate of drug-likeness (QED) is 0.900. The third kappa shape index (κ3) is 3.78. The summed E-state index contributed by atoms with van der Waals surface area (Å²) < 4.78 is 0. The van der Waals surface area contributed by atoms with Crippen molar-refractivity contribution in [2.75, 3.05) is 0 Å². The summed E-state index contributed by atoms with van der Waals surface area (Å²) in [6.45, 7) is 0.547. The second-order valence-electron chi connectivity index (χ2n) is 6.30. The van der Waals surface area contributed by atoms with Crippen LogP contribution in [-0.2, 0) is 11.3 Å². The summed E-state index contributed by atoms with van der Waals surface area (Å²) in [6.07, 6.45) is 7.35. The predicted octanol–water partition coefficient (Wildman–Crippen LogP) is 3.27. The highest BCUT2D eigenvalue weighted by atomic mass is 35.5. The van der Waals surface area contributed by atoms with Crippen molar-refractivity contribution in [2.24, 2.45) is 5.92 Å². The molecule has 1 saturated carbocycles. The Kier molecular flexibility index (Phi) is 4.81. The van der Waals surface area contributed by atoms with Gasteiger partial charge in [0.1, 0.15) is 0 Å². The summed E-state index contributed by atoms with van der Waals surface area (Å²) in [6, 6.07) is 8.16. The molecule has 2 N–H and O–H groups in total. The zero-order chi connectivity index (χ0) is 14.7. The predicted molar refractivity (Wildman–Crippen MR) is 85.2 cm³/mol. The van der Waals surface area contributed by atoms with Gasteiger partial charge in [-0.1, -0.05) is 36.6 Å². The van der Waals surface area contributed by atoms with Crippen molar-refractivity contribution in [2.45, 2.75) is 57.2 Å². The Labute approximate surface area is 131 Å². The molecule has 1 aromatic rings. The Hall–Kier alpha value is -1.06. The fraction of sp³-hybridized carbons (Fsp3) is 0.588. The van der Waals surface area contributed by atoms with E-state index in [1.54, 1.807) is 0 Å². The second-order valence-corrected chi connectivity index (χ2v) is 6.73. The lowest BCUT2D eigenvalue weighted by atomic mass is 9.77. The Morgan fingerprint density at radius 1 is 1.24 bits per heavy atom. The van der Waals surface area contributed by atoms with Crippen molar-refractivity contribution in [1.29, 1.82) is 0 Å². The monoisotopic (exact) mass is 306 g/mol. The fourth-order valence-electron chi connectivity index (χ4n) is 3.66. The van der Waals surface area contributed by atoms with E-state index in [0.717, 1.165) is 17.9 Å². The summed E-state index contributed by atoms with van der Waals surface area (Å²) in [5.74, 6) is 0.912. The number of nitrogens with one attached hydrogen (secondary N) is 2. The van der Waals surface area contributed by atoms with Crippen LogP contribution >= 0.6 is 11.6 Å². The van der Waals surface area contributed by atoms with Crippen molar-refractivity contribution in [3.63, 3.8) is 0 Å². The SMILES string of the molecule is O=C(NCc1cccc(Cl)c1)C1CCC2CCCCC2N1. The van der Waals surface area contributed by atoms with Crippen LogP contribution in [0.25, 0.3) is 0 Å². The average Bonchev–Trinajstić information content (AvgIpc) is 2.52. The van der Waals surface area contributed by atoms with Gasteiger partial charge in [0.2, 0.25) is 5.91 Å². The molecule has 0 spiro atoms. The maximum atomic E-state index is 12.3. The van der Waals surface area contributed by atoms with Gasteiger partial charge in [-0.3, -0.25) is 4.79 Å². The molecule has 21 heavy (non-hydrogen) atoms. The molecule has 3 atom stereocenters. The van der Waals surface area contributed by atoms with Gasteiger partial charge in [-0.2, -0.15) is 0 Å². The molecule has 1 heterocycles. The summed E-state index contributed by atoms with van der Waals surface area (Å²) >= 11 is 5.96. The van der Waals surface area contributed by atoms with Crippen LogP contribution in [0.4, 0.5) is 0 Å². The van der Waals surface area contributed by atoms with Crippen LogP contribution in [0.5, 0.6) is 0 Å². The van der Waals surface area contributed by atoms with Crippen LogP contribution in [0, 0.1) is 5.92 Å². The molecular formula is C17H23ClN2O. The molecule has 0 radical (unpaired) electrons. The van der Waals surface area contributed by atoms with E-state index in [2.05, 4.69) is 10.6 Å². The lowest BCUT2D eigenvalue weighted by molar-refractivity contribution is -0.124. The zero-order valence-electron chi connectivity index (χ0n) is 12.3. The molecule has 1 aromatic carbocycles. The van der Waals surface area contributed by atoms with Crippen LogP contribution in [0.15, 0.2) is 24.3 Å². The highest BCUT2D eigenvalue weighted by Gasteiger charge is 2.34. The van der Waals surface area contributed by atoms with Gasteiger partial charge in [0.25, 0.3) is 0 Å². The van der Waals surface area contributed by atoms with Crippen LogP contribution < -0.4 is 10.6 Å². The fourth-order valence-corrected chi connectivity index (χ4v) is 3.87. The molecule has 2 aliphatic rings. The van der Waals surface area contributed by atoms with Crippen molar-refractivity contribution in [3.05, 3.63) is 34.9 Å². The molecule has 114 valence electrons. The number of halogens is 1. The maximum Gasteiger partial charge on any atom is 0.237 e. The Balaban J connectivity index is 1.51. The van der Waals surface area contributed by atoms with Crippen molar-refractivity contribution < 1.29 is 4.79 Å². The van der Waals surface area contributed by atoms with Gasteiger partial charge >= 0.3 is 0 Å². The van der Waals surface area contributed by atoms with Crippen molar-refractivity contribution in [3.8, 4) is 0 Å². The average molecular weight is 307 g/mol. The number of rotatable bonds is 3. The van der Waals surface area contributed by atoms with Crippen LogP contribution in [0.3, 0.4) is 0 Å². The van der Waals surface area contributed by atoms with Gasteiger partial charge in [-0.15, -0.1) is 0 Å². The van der Waals surface area contributed by atoms with E-state index >= 15 is 0 Å². The summed E-state index contributed by atoms with van der Waals surface area (Å²) in [5.41, 5.74) is 1.04. The van der Waals surface area contributed by atoms with E-state index in [1.807, 2.05) is 24.3 Å². The number of carbonyl (C=O) groups is 1. The van der Waals surface area contributed by atoms with Crippen LogP contribution in [-0.4, -0.2) is 18.0 Å². The molecule has 4 heteroatoms. The number of piperidine rings is 1. The van der Waals surface area contributed by atoms with Gasteiger partial charge < -0.3 is 10.6 Å². The van der Waals surface area contributed by atoms with E-state index < -0.39 is 0 Å². The standard InChI is InChI=1S/C17H23ClN2O/c18-14-6-3-4-12(10-14)11-19-17(21)16-9-8-13-5-1-2-7-15(13)20-16/h3-4,6,10,13,15-16,20H,1-2,5,7-9,11H2,(H,19,21). The highest BCUT2D eigenvalue weighted by Crippen LogP contribution is 2.32. The first-order valence-corrected chi connectivity index (χ1v) is 8.38. The smallest absolute Gasteiger partial charge is 0.237 e. The molecule has 1 aliphatic carbocycles. The number of fused-ring (bicyclic) bond motifs is 1. The summed E-state index contributed by atoms with van der Waals surface area (Å²) in [7, 11) is 0. The Morgan fingerprint density at radius 3 is 2.95 bits per heavy atom. The van der Waals surface area contributed by atoms with Gasteiger partial charge in [-0.25, -0.2) is 0 Å². The molecule has 3 nitrogen and oxygen atoms in total. The number of benzene rings is 1. The third-order valence-corrected chi connectivity index (χ3v) is 5.06. The minimum absolute atomic E-state index is 0.0245. The van der Waals surface area contributed by atoms with E-state index in [0.29, 0.717) is 17.6 Å². The Morgan fingerprint density at radius 2 is 2.10 bits per heavy atom. The van der Waals surface area contributed by atoms with Crippen molar-refractivity contribution in [1.82, 2.24) is 10.6 Å². The molecule has 0 bridgehead atoms. The van der Waals surface area contributed by atoms with Crippen LogP contribution in [0.2, 0.25) is 5.02 Å². The summed E-state index contributed by atoms with van der Waals surface area (Å²) in [5, 5.41) is 7.31. The van der Waals surface area contributed by atoms with Crippen LogP contribution in [0.1, 0.15) is 44.1 Å². The number of amides is 1. The normalized spacial score (nSPS) is 28.7. The Bertz CT molecular complexity index is 505. The molecule has 0 aromatic heterocycles. The number of hydrogen-bond donors (Lipinski definition) is 2. The molecule has 3 unspecified atom stereocenters. The lowest BCUT2D eigenvalue weighted by Crippen LogP contribution is -2.54. The van der Waals surface area contributed by atoms with E-state index in [4.69, 9.17) is 11.6 Å². The van der Waals surface area contributed by atoms with E-state index in [1.165, 1.54) is 32.1 Å². The minimum Gasteiger partial charge on any atom is -0.351 e. The van der Waals surface area contributed by atoms with E-state index in [-0.39, 0.29) is 11.9 Å². The molecular weight excluding hydrogens is 284 g/mol. The molecule has 1 amide bonds. The second kappa shape index (κ2) is 6.80. The minimum atomic E-state index is -0.0245.